The summed E-state index contributed by atoms with van der Waals surface area (Å²) in [7, 11) is 0. The van der Waals surface area contributed by atoms with E-state index in [0.717, 1.165) is 12.8 Å². The van der Waals surface area contributed by atoms with Crippen LogP contribution in [0.2, 0.25) is 0 Å². The molecule has 0 aliphatic heterocycles. The second kappa shape index (κ2) is 7.87. The molecule has 18 heavy (non-hydrogen) atoms. The number of rotatable bonds is 8. The lowest BCUT2D eigenvalue weighted by Gasteiger charge is -2.21. The van der Waals surface area contributed by atoms with Gasteiger partial charge in [-0.1, -0.05) is 20.8 Å². The van der Waals surface area contributed by atoms with Crippen LogP contribution in [0.5, 0.6) is 5.88 Å². The van der Waals surface area contributed by atoms with Crippen molar-refractivity contribution >= 4 is 5.95 Å². The molecule has 0 saturated heterocycles. The predicted molar refractivity (Wildman–Crippen MR) is 73.7 cm³/mol. The summed E-state index contributed by atoms with van der Waals surface area (Å²) < 4.78 is 5.48. The minimum Gasteiger partial charge on any atom is -0.478 e. The van der Waals surface area contributed by atoms with Gasteiger partial charge in [0.2, 0.25) is 11.8 Å². The Kier molecular flexibility index (Phi) is 6.43. The number of nitrogens with zero attached hydrogens (tertiary/aromatic N) is 2. The molecule has 1 heterocycles. The Morgan fingerprint density at radius 1 is 1.44 bits per heavy atom. The van der Waals surface area contributed by atoms with Gasteiger partial charge in [-0.25, -0.2) is 4.98 Å². The monoisotopic (exact) mass is 252 g/mol. The van der Waals surface area contributed by atoms with E-state index in [1.165, 1.54) is 0 Å². The predicted octanol–water partition coefficient (Wildman–Crippen LogP) is 2.05. The Morgan fingerprint density at radius 3 is 2.83 bits per heavy atom. The Labute approximate surface area is 109 Å². The van der Waals surface area contributed by atoms with E-state index in [1.807, 2.05) is 0 Å². The van der Waals surface area contributed by atoms with Crippen LogP contribution < -0.4 is 15.8 Å². The molecule has 5 heteroatoms. The fourth-order valence-corrected chi connectivity index (χ4v) is 1.62. The molecule has 1 unspecified atom stereocenters. The summed E-state index contributed by atoms with van der Waals surface area (Å²) in [6, 6.07) is 2.06. The molecule has 0 radical (unpaired) electrons. The first-order valence-electron chi connectivity index (χ1n) is 6.59. The van der Waals surface area contributed by atoms with Crippen LogP contribution in [0.1, 0.15) is 33.6 Å². The molecule has 3 N–H and O–H groups in total. The summed E-state index contributed by atoms with van der Waals surface area (Å²) in [6.45, 7) is 7.71. The van der Waals surface area contributed by atoms with Crippen molar-refractivity contribution in [2.75, 3.05) is 18.5 Å². The van der Waals surface area contributed by atoms with Crippen LogP contribution in [0.15, 0.2) is 12.3 Å². The summed E-state index contributed by atoms with van der Waals surface area (Å²) >= 11 is 0. The van der Waals surface area contributed by atoms with E-state index < -0.39 is 0 Å². The maximum Gasteiger partial charge on any atom is 0.226 e. The number of aromatic nitrogens is 2. The van der Waals surface area contributed by atoms with Gasteiger partial charge >= 0.3 is 0 Å². The van der Waals surface area contributed by atoms with Crippen molar-refractivity contribution in [1.82, 2.24) is 9.97 Å². The molecule has 0 bridgehead atoms. The second-order valence-electron chi connectivity index (χ2n) is 4.64. The maximum absolute atomic E-state index is 5.61. The number of anilines is 1. The Balaban J connectivity index is 2.64. The number of hydrogen-bond acceptors (Lipinski definition) is 5. The Hall–Kier alpha value is -1.36. The molecular weight excluding hydrogens is 228 g/mol. The highest BCUT2D eigenvalue weighted by Crippen LogP contribution is 2.14. The molecule has 0 aliphatic rings. The molecule has 0 amide bonds. The van der Waals surface area contributed by atoms with Gasteiger partial charge < -0.3 is 15.8 Å². The summed E-state index contributed by atoms with van der Waals surface area (Å²) in [4.78, 5) is 8.54. The van der Waals surface area contributed by atoms with Crippen molar-refractivity contribution in [2.45, 2.75) is 39.7 Å². The number of nitrogens with one attached hydrogen (secondary N) is 1. The highest BCUT2D eigenvalue weighted by atomic mass is 16.5. The fourth-order valence-electron chi connectivity index (χ4n) is 1.62. The van der Waals surface area contributed by atoms with Crippen LogP contribution in [-0.4, -0.2) is 29.2 Å². The third-order valence-electron chi connectivity index (χ3n) is 2.68. The van der Waals surface area contributed by atoms with E-state index in [-0.39, 0.29) is 6.04 Å². The smallest absolute Gasteiger partial charge is 0.226 e. The minimum absolute atomic E-state index is 0.288. The quantitative estimate of drug-likeness (QED) is 0.740. The molecule has 0 spiro atoms. The van der Waals surface area contributed by atoms with Crippen LogP contribution in [0.25, 0.3) is 0 Å². The van der Waals surface area contributed by atoms with Gasteiger partial charge in [-0.3, -0.25) is 0 Å². The molecule has 0 aliphatic carbocycles. The SMILES string of the molecule is CCCOc1ccnc(NC(CCN)C(C)C)n1. The lowest BCUT2D eigenvalue weighted by atomic mass is 10.0. The second-order valence-corrected chi connectivity index (χ2v) is 4.64. The number of nitrogens with two attached hydrogens (primary N) is 1. The topological polar surface area (TPSA) is 73.1 Å². The zero-order valence-electron chi connectivity index (χ0n) is 11.5. The first-order valence-corrected chi connectivity index (χ1v) is 6.59. The lowest BCUT2D eigenvalue weighted by molar-refractivity contribution is 0.305. The molecule has 0 saturated carbocycles. The summed E-state index contributed by atoms with van der Waals surface area (Å²) in [6.07, 6.45) is 3.58. The fraction of sp³-hybridized carbons (Fsp3) is 0.692. The first-order chi connectivity index (χ1) is 8.67. The van der Waals surface area contributed by atoms with Crippen LogP contribution >= 0.6 is 0 Å². The van der Waals surface area contributed by atoms with E-state index in [1.54, 1.807) is 12.3 Å². The zero-order valence-corrected chi connectivity index (χ0v) is 11.5. The first kappa shape index (κ1) is 14.7. The normalized spacial score (nSPS) is 12.5. The van der Waals surface area contributed by atoms with Crippen LogP contribution in [-0.2, 0) is 0 Å². The molecule has 5 nitrogen and oxygen atoms in total. The third kappa shape index (κ3) is 4.87. The van der Waals surface area contributed by atoms with Crippen molar-refractivity contribution in [1.29, 1.82) is 0 Å². The average Bonchev–Trinajstić information content (AvgIpc) is 2.36. The van der Waals surface area contributed by atoms with Gasteiger partial charge in [0.15, 0.2) is 0 Å². The standard InChI is InChI=1S/C13H24N4O/c1-4-9-18-12-6-8-15-13(17-12)16-11(5-7-14)10(2)3/h6,8,10-11H,4-5,7,9,14H2,1-3H3,(H,15,16,17). The summed E-state index contributed by atoms with van der Waals surface area (Å²) in [5.41, 5.74) is 5.61. The third-order valence-corrected chi connectivity index (χ3v) is 2.68. The van der Waals surface area contributed by atoms with E-state index in [2.05, 4.69) is 36.1 Å². The van der Waals surface area contributed by atoms with Crippen LogP contribution in [0.4, 0.5) is 5.95 Å². The Bertz CT molecular complexity index is 344. The molecule has 1 aromatic heterocycles. The van der Waals surface area contributed by atoms with Gasteiger partial charge in [0.25, 0.3) is 0 Å². The largest absolute Gasteiger partial charge is 0.478 e. The van der Waals surface area contributed by atoms with Crippen molar-refractivity contribution in [2.24, 2.45) is 11.7 Å². The zero-order chi connectivity index (χ0) is 13.4. The minimum atomic E-state index is 0.288. The molecule has 1 rings (SSSR count). The average molecular weight is 252 g/mol. The highest BCUT2D eigenvalue weighted by Gasteiger charge is 2.13. The van der Waals surface area contributed by atoms with Crippen molar-refractivity contribution in [3.63, 3.8) is 0 Å². The van der Waals surface area contributed by atoms with Gasteiger partial charge in [-0.15, -0.1) is 0 Å². The van der Waals surface area contributed by atoms with Crippen molar-refractivity contribution in [3.05, 3.63) is 12.3 Å². The summed E-state index contributed by atoms with van der Waals surface area (Å²) in [5.74, 6) is 1.71. The number of hydrogen-bond donors (Lipinski definition) is 2. The van der Waals surface area contributed by atoms with E-state index in [0.29, 0.717) is 30.9 Å². The summed E-state index contributed by atoms with van der Waals surface area (Å²) in [5, 5.41) is 3.31. The molecule has 1 aromatic rings. The van der Waals surface area contributed by atoms with Gasteiger partial charge in [0.05, 0.1) is 6.61 Å². The molecule has 102 valence electrons. The van der Waals surface area contributed by atoms with Crippen molar-refractivity contribution in [3.8, 4) is 5.88 Å². The maximum atomic E-state index is 5.61. The van der Waals surface area contributed by atoms with Gasteiger partial charge in [-0.05, 0) is 25.3 Å². The van der Waals surface area contributed by atoms with Crippen LogP contribution in [0.3, 0.4) is 0 Å². The van der Waals surface area contributed by atoms with E-state index in [4.69, 9.17) is 10.5 Å². The van der Waals surface area contributed by atoms with Crippen LogP contribution in [0, 0.1) is 5.92 Å². The molecule has 0 fully saturated rings. The Morgan fingerprint density at radius 2 is 2.22 bits per heavy atom. The van der Waals surface area contributed by atoms with E-state index in [9.17, 15) is 0 Å². The number of ether oxygens (including phenoxy) is 1. The van der Waals surface area contributed by atoms with Gasteiger partial charge in [0.1, 0.15) is 0 Å². The molecular formula is C13H24N4O. The lowest BCUT2D eigenvalue weighted by Crippen LogP contribution is -2.29. The van der Waals surface area contributed by atoms with Gasteiger partial charge in [-0.2, -0.15) is 4.98 Å². The molecule has 0 aromatic carbocycles. The van der Waals surface area contributed by atoms with Gasteiger partial charge in [0, 0.05) is 18.3 Å². The molecule has 1 atom stereocenters. The van der Waals surface area contributed by atoms with E-state index >= 15 is 0 Å². The van der Waals surface area contributed by atoms with Crippen molar-refractivity contribution < 1.29 is 4.74 Å². The highest BCUT2D eigenvalue weighted by molar-refractivity contribution is 5.29.